The molecule has 1 amide bonds. The van der Waals surface area contributed by atoms with E-state index < -0.39 is 0 Å². The Kier molecular flexibility index (Phi) is 3.58. The molecule has 2 aliphatic rings. The summed E-state index contributed by atoms with van der Waals surface area (Å²) in [4.78, 5) is 13.4. The number of amides is 1. The molecule has 108 valence electrons. The van der Waals surface area contributed by atoms with E-state index >= 15 is 0 Å². The second-order valence-corrected chi connectivity index (χ2v) is 5.14. The smallest absolute Gasteiger partial charge is 0.246 e. The first-order valence-corrected chi connectivity index (χ1v) is 6.62. The van der Waals surface area contributed by atoms with Crippen LogP contribution in [0.15, 0.2) is 18.2 Å². The van der Waals surface area contributed by atoms with Gasteiger partial charge in [0.15, 0.2) is 0 Å². The highest BCUT2D eigenvalue weighted by Crippen LogP contribution is 2.25. The lowest BCUT2D eigenvalue weighted by Crippen LogP contribution is -2.50. The second-order valence-electron chi connectivity index (χ2n) is 5.14. The van der Waals surface area contributed by atoms with Crippen LogP contribution in [0.1, 0.15) is 5.56 Å². The first kappa shape index (κ1) is 13.3. The molecule has 2 heterocycles. The Balaban J connectivity index is 1.72. The van der Waals surface area contributed by atoms with Gasteiger partial charge in [0.05, 0.1) is 19.3 Å². The van der Waals surface area contributed by atoms with Gasteiger partial charge in [-0.1, -0.05) is 6.07 Å². The van der Waals surface area contributed by atoms with Gasteiger partial charge in [-0.3, -0.25) is 9.69 Å². The number of carbonyl (C=O) groups excluding carboxylic acids is 1. The Morgan fingerprint density at radius 3 is 3.15 bits per heavy atom. The lowest BCUT2D eigenvalue weighted by molar-refractivity contribution is -0.134. The topological polar surface area (TPSA) is 50.8 Å². The molecule has 0 unspecified atom stereocenters. The Morgan fingerprint density at radius 2 is 2.35 bits per heavy atom. The molecule has 0 radical (unpaired) electrons. The number of nitrogens with zero attached hydrogens (tertiary/aromatic N) is 1. The average molecular weight is 280 g/mol. The van der Waals surface area contributed by atoms with Gasteiger partial charge in [-0.05, 0) is 12.1 Å². The van der Waals surface area contributed by atoms with Gasteiger partial charge in [-0.15, -0.1) is 0 Å². The van der Waals surface area contributed by atoms with Crippen LogP contribution < -0.4 is 10.1 Å². The van der Waals surface area contributed by atoms with Crippen molar-refractivity contribution in [2.75, 3.05) is 26.8 Å². The molecule has 2 aliphatic heterocycles. The summed E-state index contributed by atoms with van der Waals surface area (Å²) in [5.41, 5.74) is 0.542. The van der Waals surface area contributed by atoms with Crippen molar-refractivity contribution in [2.24, 2.45) is 0 Å². The standard InChI is InChI=1S/C14H17FN2O3/c1-19-12-4-2-3-10(15)9(12)5-17-6-11-13(7-17)20-8-14(18)16-11/h2-4,11,13H,5-8H2,1H3,(H,16,18)/t11-,13-/m0/s1. The number of fused-ring (bicyclic) bond motifs is 1. The summed E-state index contributed by atoms with van der Waals surface area (Å²) in [7, 11) is 1.53. The molecule has 20 heavy (non-hydrogen) atoms. The number of benzene rings is 1. The molecule has 3 rings (SSSR count). The Morgan fingerprint density at radius 1 is 1.50 bits per heavy atom. The molecule has 1 N–H and O–H groups in total. The van der Waals surface area contributed by atoms with E-state index in [0.717, 1.165) is 0 Å². The number of hydrogen-bond donors (Lipinski definition) is 1. The minimum Gasteiger partial charge on any atom is -0.496 e. The largest absolute Gasteiger partial charge is 0.496 e. The van der Waals surface area contributed by atoms with Crippen molar-refractivity contribution in [3.8, 4) is 5.75 Å². The van der Waals surface area contributed by atoms with E-state index in [1.165, 1.54) is 13.2 Å². The molecule has 0 saturated carbocycles. The average Bonchev–Trinajstić information content (AvgIpc) is 2.82. The molecule has 0 bridgehead atoms. The van der Waals surface area contributed by atoms with Crippen LogP contribution in [-0.2, 0) is 16.1 Å². The zero-order valence-electron chi connectivity index (χ0n) is 11.3. The van der Waals surface area contributed by atoms with E-state index in [-0.39, 0.29) is 30.5 Å². The van der Waals surface area contributed by atoms with Gasteiger partial charge in [0.2, 0.25) is 5.91 Å². The van der Waals surface area contributed by atoms with Gasteiger partial charge < -0.3 is 14.8 Å². The molecule has 1 aromatic carbocycles. The van der Waals surface area contributed by atoms with Crippen molar-refractivity contribution in [2.45, 2.75) is 18.7 Å². The molecule has 0 spiro atoms. The lowest BCUT2D eigenvalue weighted by atomic mass is 10.1. The summed E-state index contributed by atoms with van der Waals surface area (Å²) in [6, 6.07) is 4.80. The van der Waals surface area contributed by atoms with Crippen LogP contribution in [0.3, 0.4) is 0 Å². The molecule has 6 heteroatoms. The fourth-order valence-corrected chi connectivity index (χ4v) is 2.83. The number of morpholine rings is 1. The highest BCUT2D eigenvalue weighted by molar-refractivity contribution is 5.78. The molecule has 0 aromatic heterocycles. The predicted molar refractivity (Wildman–Crippen MR) is 69.9 cm³/mol. The summed E-state index contributed by atoms with van der Waals surface area (Å²) in [6.45, 7) is 1.90. The summed E-state index contributed by atoms with van der Waals surface area (Å²) < 4.78 is 24.6. The van der Waals surface area contributed by atoms with E-state index in [4.69, 9.17) is 9.47 Å². The third-order valence-electron chi connectivity index (χ3n) is 3.79. The fraction of sp³-hybridized carbons (Fsp3) is 0.500. The number of carbonyl (C=O) groups is 1. The first-order valence-electron chi connectivity index (χ1n) is 6.62. The molecular weight excluding hydrogens is 263 g/mol. The van der Waals surface area contributed by atoms with Gasteiger partial charge in [-0.25, -0.2) is 4.39 Å². The van der Waals surface area contributed by atoms with E-state index in [1.807, 2.05) is 0 Å². The monoisotopic (exact) mass is 280 g/mol. The lowest BCUT2D eigenvalue weighted by Gasteiger charge is -2.25. The summed E-state index contributed by atoms with van der Waals surface area (Å²) in [6.07, 6.45) is -0.00883. The summed E-state index contributed by atoms with van der Waals surface area (Å²) >= 11 is 0. The number of nitrogens with one attached hydrogen (secondary N) is 1. The maximum atomic E-state index is 13.9. The van der Waals surface area contributed by atoms with Crippen molar-refractivity contribution in [3.63, 3.8) is 0 Å². The summed E-state index contributed by atoms with van der Waals surface area (Å²) in [5, 5.41) is 2.91. The van der Waals surface area contributed by atoms with E-state index in [0.29, 0.717) is 30.9 Å². The number of ether oxygens (including phenoxy) is 2. The number of rotatable bonds is 3. The molecule has 2 saturated heterocycles. The van der Waals surface area contributed by atoms with Gasteiger partial charge in [0.25, 0.3) is 0 Å². The normalized spacial score (nSPS) is 26.2. The molecule has 2 fully saturated rings. The number of hydrogen-bond acceptors (Lipinski definition) is 4. The third kappa shape index (κ3) is 2.48. The SMILES string of the molecule is COc1cccc(F)c1CN1C[C@@H]2NC(=O)CO[C@H]2C1. The minimum atomic E-state index is -0.274. The van der Waals surface area contributed by atoms with E-state index in [9.17, 15) is 9.18 Å². The maximum absolute atomic E-state index is 13.9. The van der Waals surface area contributed by atoms with Crippen LogP contribution in [0, 0.1) is 5.82 Å². The van der Waals surface area contributed by atoms with E-state index in [1.54, 1.807) is 12.1 Å². The van der Waals surface area contributed by atoms with Gasteiger partial charge >= 0.3 is 0 Å². The van der Waals surface area contributed by atoms with Crippen LogP contribution in [-0.4, -0.2) is 49.8 Å². The quantitative estimate of drug-likeness (QED) is 0.877. The number of halogens is 1. The van der Waals surface area contributed by atoms with Crippen molar-refractivity contribution in [3.05, 3.63) is 29.6 Å². The number of methoxy groups -OCH3 is 1. The highest BCUT2D eigenvalue weighted by atomic mass is 19.1. The van der Waals surface area contributed by atoms with Crippen molar-refractivity contribution >= 4 is 5.91 Å². The van der Waals surface area contributed by atoms with E-state index in [2.05, 4.69) is 10.2 Å². The van der Waals surface area contributed by atoms with Crippen LogP contribution >= 0.6 is 0 Å². The van der Waals surface area contributed by atoms with Crippen LogP contribution in [0.5, 0.6) is 5.75 Å². The molecule has 2 atom stereocenters. The van der Waals surface area contributed by atoms with Crippen molar-refractivity contribution in [1.29, 1.82) is 0 Å². The van der Waals surface area contributed by atoms with Gasteiger partial charge in [0.1, 0.15) is 18.2 Å². The second kappa shape index (κ2) is 5.38. The number of likely N-dealkylation sites (tertiary alicyclic amines) is 1. The highest BCUT2D eigenvalue weighted by Gasteiger charge is 2.38. The Labute approximate surface area is 116 Å². The fourth-order valence-electron chi connectivity index (χ4n) is 2.83. The van der Waals surface area contributed by atoms with Gasteiger partial charge in [0, 0.05) is 25.2 Å². The summed E-state index contributed by atoms with van der Waals surface area (Å²) in [5.74, 6) is 0.186. The maximum Gasteiger partial charge on any atom is 0.246 e. The molecule has 0 aliphatic carbocycles. The van der Waals surface area contributed by atoms with Crippen LogP contribution in [0.25, 0.3) is 0 Å². The Bertz CT molecular complexity index is 523. The zero-order valence-corrected chi connectivity index (χ0v) is 11.3. The molecule has 5 nitrogen and oxygen atoms in total. The Hall–Kier alpha value is -1.66. The minimum absolute atomic E-state index is 0.00554. The predicted octanol–water partition coefficient (Wildman–Crippen LogP) is 0.533. The third-order valence-corrected chi connectivity index (χ3v) is 3.79. The van der Waals surface area contributed by atoms with Gasteiger partial charge in [-0.2, -0.15) is 0 Å². The van der Waals surface area contributed by atoms with Crippen LogP contribution in [0.2, 0.25) is 0 Å². The van der Waals surface area contributed by atoms with Crippen LogP contribution in [0.4, 0.5) is 4.39 Å². The first-order chi connectivity index (χ1) is 9.67. The zero-order chi connectivity index (χ0) is 14.1. The molecule has 1 aromatic rings. The molecular formula is C14H17FN2O3. The van der Waals surface area contributed by atoms with Crippen molar-refractivity contribution < 1.29 is 18.7 Å². The van der Waals surface area contributed by atoms with Crippen molar-refractivity contribution in [1.82, 2.24) is 10.2 Å².